The second kappa shape index (κ2) is 11.6. The number of hydrogen-bond acceptors (Lipinski definition) is 4. The highest BCUT2D eigenvalue weighted by Crippen LogP contribution is 2.37. The molecule has 0 aliphatic rings. The van der Waals surface area contributed by atoms with Crippen LogP contribution in [0.25, 0.3) is 0 Å². The summed E-state index contributed by atoms with van der Waals surface area (Å²) in [5.74, 6) is 1.34. The maximum Gasteiger partial charge on any atom is 0.175 e. The normalized spacial score (nSPS) is 10.2. The number of nitrogens with one attached hydrogen (secondary N) is 1. The van der Waals surface area contributed by atoms with Crippen LogP contribution in [0.3, 0.4) is 0 Å². The molecule has 0 amide bonds. The predicted octanol–water partition coefficient (Wildman–Crippen LogP) is 4.58. The Balaban J connectivity index is 0.00000312. The summed E-state index contributed by atoms with van der Waals surface area (Å²) in [5.41, 5.74) is 1.96. The number of aliphatic hydroxyl groups excluding tert-OH is 1. The number of aliphatic hydroxyl groups is 1. The van der Waals surface area contributed by atoms with Gasteiger partial charge >= 0.3 is 0 Å². The van der Waals surface area contributed by atoms with Crippen molar-refractivity contribution in [2.75, 3.05) is 19.8 Å². The molecule has 2 rings (SSSR count). The fraction of sp³-hybridized carbons (Fsp3) is 0.333. The first kappa shape index (κ1) is 22.1. The average Bonchev–Trinajstić information content (AvgIpc) is 2.56. The average molecular weight is 451 g/mol. The minimum atomic E-state index is 0. The Morgan fingerprint density at radius 3 is 2.64 bits per heavy atom. The third-order valence-corrected chi connectivity index (χ3v) is 4.27. The number of rotatable bonds is 9. The summed E-state index contributed by atoms with van der Waals surface area (Å²) < 4.78 is 12.5. The van der Waals surface area contributed by atoms with Crippen molar-refractivity contribution in [3.8, 4) is 11.5 Å². The molecule has 7 heteroatoms. The van der Waals surface area contributed by atoms with Crippen LogP contribution in [0.5, 0.6) is 11.5 Å². The lowest BCUT2D eigenvalue weighted by Gasteiger charge is -2.16. The second-order valence-corrected chi connectivity index (χ2v) is 6.38. The molecule has 0 heterocycles. The van der Waals surface area contributed by atoms with Crippen LogP contribution in [0, 0.1) is 0 Å². The van der Waals surface area contributed by atoms with E-state index in [-0.39, 0.29) is 19.0 Å². The predicted molar refractivity (Wildman–Crippen MR) is 107 cm³/mol. The lowest BCUT2D eigenvalue weighted by atomic mass is 10.2. The third-order valence-electron chi connectivity index (χ3n) is 3.32. The Kier molecular flexibility index (Phi) is 10.2. The number of halogens is 3. The van der Waals surface area contributed by atoms with Crippen LogP contribution in [0.15, 0.2) is 40.9 Å². The molecule has 0 saturated heterocycles. The Hall–Kier alpha value is -0.980. The molecule has 0 atom stereocenters. The van der Waals surface area contributed by atoms with E-state index >= 15 is 0 Å². The molecule has 0 aliphatic carbocycles. The van der Waals surface area contributed by atoms with E-state index in [0.29, 0.717) is 42.8 Å². The van der Waals surface area contributed by atoms with Crippen molar-refractivity contribution in [1.29, 1.82) is 0 Å². The molecule has 0 unspecified atom stereocenters. The van der Waals surface area contributed by atoms with Crippen molar-refractivity contribution in [2.24, 2.45) is 0 Å². The molecule has 2 aromatic carbocycles. The van der Waals surface area contributed by atoms with Crippen molar-refractivity contribution < 1.29 is 14.6 Å². The first-order chi connectivity index (χ1) is 11.7. The SMILES string of the molecule is CCOc1cc(CNCCO)cc(Br)c1OCc1ccccc1Cl.Cl. The zero-order valence-electron chi connectivity index (χ0n) is 13.9. The van der Waals surface area contributed by atoms with E-state index in [4.69, 9.17) is 26.2 Å². The monoisotopic (exact) mass is 449 g/mol. The molecule has 4 nitrogen and oxygen atoms in total. The molecule has 138 valence electrons. The van der Waals surface area contributed by atoms with Crippen LogP contribution >= 0.6 is 39.9 Å². The van der Waals surface area contributed by atoms with E-state index in [1.165, 1.54) is 0 Å². The summed E-state index contributed by atoms with van der Waals surface area (Å²) in [7, 11) is 0. The highest BCUT2D eigenvalue weighted by Gasteiger charge is 2.13. The summed E-state index contributed by atoms with van der Waals surface area (Å²) in [6.45, 7) is 4.14. The smallest absolute Gasteiger partial charge is 0.175 e. The fourth-order valence-electron chi connectivity index (χ4n) is 2.20. The van der Waals surface area contributed by atoms with E-state index in [1.807, 2.05) is 43.3 Å². The van der Waals surface area contributed by atoms with Gasteiger partial charge in [0.15, 0.2) is 11.5 Å². The number of ether oxygens (including phenoxy) is 2. The highest BCUT2D eigenvalue weighted by atomic mass is 79.9. The Bertz CT molecular complexity index is 671. The zero-order valence-corrected chi connectivity index (χ0v) is 17.1. The van der Waals surface area contributed by atoms with Gasteiger partial charge < -0.3 is 19.9 Å². The van der Waals surface area contributed by atoms with Crippen LogP contribution < -0.4 is 14.8 Å². The minimum Gasteiger partial charge on any atom is -0.490 e. The van der Waals surface area contributed by atoms with Crippen molar-refractivity contribution in [2.45, 2.75) is 20.1 Å². The Morgan fingerprint density at radius 1 is 1.20 bits per heavy atom. The highest BCUT2D eigenvalue weighted by molar-refractivity contribution is 9.10. The van der Waals surface area contributed by atoms with Crippen molar-refractivity contribution in [1.82, 2.24) is 5.32 Å². The molecule has 25 heavy (non-hydrogen) atoms. The maximum absolute atomic E-state index is 8.86. The first-order valence-electron chi connectivity index (χ1n) is 7.78. The molecule has 0 aliphatic heterocycles. The van der Waals surface area contributed by atoms with E-state index in [0.717, 1.165) is 15.6 Å². The van der Waals surface area contributed by atoms with Crippen molar-refractivity contribution in [3.63, 3.8) is 0 Å². The van der Waals surface area contributed by atoms with Crippen LogP contribution in [0.2, 0.25) is 5.02 Å². The van der Waals surface area contributed by atoms with Crippen LogP contribution in [-0.4, -0.2) is 24.9 Å². The van der Waals surface area contributed by atoms with Crippen LogP contribution in [-0.2, 0) is 13.2 Å². The van der Waals surface area contributed by atoms with Gasteiger partial charge in [-0.05, 0) is 46.6 Å². The van der Waals surface area contributed by atoms with E-state index in [1.54, 1.807) is 0 Å². The van der Waals surface area contributed by atoms with Gasteiger partial charge in [0.1, 0.15) is 6.61 Å². The third kappa shape index (κ3) is 6.68. The van der Waals surface area contributed by atoms with Gasteiger partial charge in [0.2, 0.25) is 0 Å². The molecule has 0 fully saturated rings. The lowest BCUT2D eigenvalue weighted by Crippen LogP contribution is -2.17. The van der Waals surface area contributed by atoms with E-state index in [9.17, 15) is 0 Å². The molecule has 2 N–H and O–H groups in total. The second-order valence-electron chi connectivity index (χ2n) is 5.12. The van der Waals surface area contributed by atoms with Crippen LogP contribution in [0.1, 0.15) is 18.1 Å². The standard InChI is InChI=1S/C18H21BrClNO3.ClH/c1-2-23-17-10-13(11-21-7-8-22)9-15(19)18(17)24-12-14-5-3-4-6-16(14)20;/h3-6,9-10,21-22H,2,7-8,11-12H2,1H3;1H. The molecule has 2 aromatic rings. The van der Waals surface area contributed by atoms with Crippen LogP contribution in [0.4, 0.5) is 0 Å². The number of benzene rings is 2. The van der Waals surface area contributed by atoms with Crippen molar-refractivity contribution >= 4 is 39.9 Å². The largest absolute Gasteiger partial charge is 0.490 e. The molecule has 0 saturated carbocycles. The van der Waals surface area contributed by atoms with Gasteiger partial charge in [0.05, 0.1) is 17.7 Å². The van der Waals surface area contributed by atoms with Gasteiger partial charge in [-0.25, -0.2) is 0 Å². The van der Waals surface area contributed by atoms with Gasteiger partial charge in [-0.15, -0.1) is 12.4 Å². The summed E-state index contributed by atoms with van der Waals surface area (Å²) in [6.07, 6.45) is 0. The minimum absolute atomic E-state index is 0. The topological polar surface area (TPSA) is 50.7 Å². The Labute approximate surface area is 168 Å². The summed E-state index contributed by atoms with van der Waals surface area (Å²) in [6, 6.07) is 11.5. The van der Waals surface area contributed by atoms with Gasteiger partial charge in [-0.1, -0.05) is 29.8 Å². The first-order valence-corrected chi connectivity index (χ1v) is 8.95. The number of hydrogen-bond donors (Lipinski definition) is 2. The van der Waals surface area contributed by atoms with Crippen molar-refractivity contribution in [3.05, 3.63) is 57.0 Å². The van der Waals surface area contributed by atoms with E-state index in [2.05, 4.69) is 21.2 Å². The summed E-state index contributed by atoms with van der Waals surface area (Å²) in [5, 5.41) is 12.7. The quantitative estimate of drug-likeness (QED) is 0.549. The van der Waals surface area contributed by atoms with Gasteiger partial charge in [-0.2, -0.15) is 0 Å². The van der Waals surface area contributed by atoms with Gasteiger partial charge in [0, 0.05) is 23.7 Å². The van der Waals surface area contributed by atoms with E-state index < -0.39 is 0 Å². The van der Waals surface area contributed by atoms with Gasteiger partial charge in [-0.3, -0.25) is 0 Å². The summed E-state index contributed by atoms with van der Waals surface area (Å²) >= 11 is 9.73. The molecular weight excluding hydrogens is 429 g/mol. The lowest BCUT2D eigenvalue weighted by molar-refractivity contribution is 0.267. The zero-order chi connectivity index (χ0) is 17.4. The maximum atomic E-state index is 8.86. The molecule has 0 spiro atoms. The molecule has 0 bridgehead atoms. The molecular formula is C18H22BrCl2NO3. The summed E-state index contributed by atoms with van der Waals surface area (Å²) in [4.78, 5) is 0. The van der Waals surface area contributed by atoms with Gasteiger partial charge in [0.25, 0.3) is 0 Å². The molecule has 0 aromatic heterocycles. The fourth-order valence-corrected chi connectivity index (χ4v) is 3.00. The molecule has 0 radical (unpaired) electrons. The Morgan fingerprint density at radius 2 is 1.96 bits per heavy atom.